The SMILES string of the molecule is O=C(CCC1CCCC1)N=C1SC2CS(=O)(=O)CC2N1c1ccc(OC(F)(F)F)cc1. The molecule has 0 spiro atoms. The molecule has 3 aliphatic rings. The summed E-state index contributed by atoms with van der Waals surface area (Å²) in [6, 6.07) is 4.78. The molecule has 0 radical (unpaired) electrons. The number of amides is 1. The number of ether oxygens (including phenoxy) is 1. The Kier molecular flexibility index (Phi) is 6.26. The minimum atomic E-state index is -4.80. The molecule has 1 aromatic rings. The molecule has 2 heterocycles. The fourth-order valence-electron chi connectivity index (χ4n) is 4.46. The van der Waals surface area contributed by atoms with E-state index in [0.717, 1.165) is 19.3 Å². The van der Waals surface area contributed by atoms with Crippen LogP contribution in [0.25, 0.3) is 0 Å². The summed E-state index contributed by atoms with van der Waals surface area (Å²) in [4.78, 5) is 18.4. The van der Waals surface area contributed by atoms with Gasteiger partial charge in [0.2, 0.25) is 5.91 Å². The van der Waals surface area contributed by atoms with Crippen molar-refractivity contribution in [2.24, 2.45) is 10.9 Å². The van der Waals surface area contributed by atoms with Gasteiger partial charge in [0.25, 0.3) is 0 Å². The summed E-state index contributed by atoms with van der Waals surface area (Å²) in [7, 11) is -3.23. The minimum Gasteiger partial charge on any atom is -0.406 e. The van der Waals surface area contributed by atoms with Gasteiger partial charge in [0.05, 0.1) is 17.5 Å². The smallest absolute Gasteiger partial charge is 0.406 e. The first kappa shape index (κ1) is 22.4. The largest absolute Gasteiger partial charge is 0.573 e. The Morgan fingerprint density at radius 1 is 1.16 bits per heavy atom. The minimum absolute atomic E-state index is 0.0105. The molecule has 0 N–H and O–H groups in total. The Hall–Kier alpha value is -1.75. The lowest BCUT2D eigenvalue weighted by Gasteiger charge is -2.24. The van der Waals surface area contributed by atoms with E-state index in [0.29, 0.717) is 23.2 Å². The molecule has 1 aliphatic carbocycles. The molecular weight excluding hydrogens is 453 g/mol. The van der Waals surface area contributed by atoms with E-state index in [2.05, 4.69) is 9.73 Å². The van der Waals surface area contributed by atoms with Crippen molar-refractivity contribution >= 4 is 38.4 Å². The lowest BCUT2D eigenvalue weighted by Crippen LogP contribution is -2.37. The molecular formula is C20H23F3N2O4S2. The van der Waals surface area contributed by atoms with E-state index in [-0.39, 0.29) is 28.4 Å². The molecule has 31 heavy (non-hydrogen) atoms. The molecule has 170 valence electrons. The second-order valence-electron chi connectivity index (χ2n) is 8.19. The number of carbonyl (C=O) groups excluding carboxylic acids is 1. The van der Waals surface area contributed by atoms with Gasteiger partial charge in [-0.1, -0.05) is 37.4 Å². The lowest BCUT2D eigenvalue weighted by atomic mass is 10.0. The number of thioether (sulfide) groups is 1. The Balaban J connectivity index is 1.54. The summed E-state index contributed by atoms with van der Waals surface area (Å²) in [5.74, 6) is -0.157. The zero-order valence-electron chi connectivity index (χ0n) is 16.7. The Morgan fingerprint density at radius 3 is 2.48 bits per heavy atom. The van der Waals surface area contributed by atoms with E-state index in [1.807, 2.05) is 0 Å². The van der Waals surface area contributed by atoms with Gasteiger partial charge in [0.15, 0.2) is 15.0 Å². The van der Waals surface area contributed by atoms with Crippen LogP contribution in [0.4, 0.5) is 18.9 Å². The van der Waals surface area contributed by atoms with Gasteiger partial charge in [-0.25, -0.2) is 8.42 Å². The molecule has 2 unspecified atom stereocenters. The van der Waals surface area contributed by atoms with Crippen molar-refractivity contribution in [1.82, 2.24) is 0 Å². The first-order valence-corrected chi connectivity index (χ1v) is 12.9. The van der Waals surface area contributed by atoms with Gasteiger partial charge in [-0.15, -0.1) is 13.2 Å². The maximum absolute atomic E-state index is 12.5. The quantitative estimate of drug-likeness (QED) is 0.635. The first-order chi connectivity index (χ1) is 14.6. The predicted molar refractivity (Wildman–Crippen MR) is 113 cm³/mol. The van der Waals surface area contributed by atoms with Crippen molar-refractivity contribution in [2.45, 2.75) is 56.2 Å². The summed E-state index contributed by atoms with van der Waals surface area (Å²) in [6.07, 6.45) is 1.01. The molecule has 3 fully saturated rings. The van der Waals surface area contributed by atoms with Crippen LogP contribution >= 0.6 is 11.8 Å². The number of hydrogen-bond acceptors (Lipinski definition) is 5. The van der Waals surface area contributed by atoms with Crippen LogP contribution in [0, 0.1) is 5.92 Å². The van der Waals surface area contributed by atoms with Crippen molar-refractivity contribution in [3.05, 3.63) is 24.3 Å². The molecule has 1 saturated carbocycles. The Morgan fingerprint density at radius 2 is 1.84 bits per heavy atom. The zero-order valence-corrected chi connectivity index (χ0v) is 18.3. The van der Waals surface area contributed by atoms with Gasteiger partial charge >= 0.3 is 6.36 Å². The number of halogens is 3. The number of sulfone groups is 1. The molecule has 2 atom stereocenters. The van der Waals surface area contributed by atoms with Crippen LogP contribution in [-0.2, 0) is 14.6 Å². The third-order valence-electron chi connectivity index (χ3n) is 5.88. The topological polar surface area (TPSA) is 76.0 Å². The standard InChI is InChI=1S/C20H23F3N2O4S2/c21-20(22,23)29-15-8-6-14(7-9-15)25-16-11-31(27,28)12-17(16)30-19(25)24-18(26)10-5-13-3-1-2-4-13/h6-9,13,16-17H,1-5,10-12H2. The van der Waals surface area contributed by atoms with E-state index in [1.54, 1.807) is 4.90 Å². The van der Waals surface area contributed by atoms with E-state index in [1.165, 1.54) is 48.9 Å². The summed E-state index contributed by atoms with van der Waals surface area (Å²) in [5.41, 5.74) is 0.481. The number of amidine groups is 1. The second-order valence-corrected chi connectivity index (χ2v) is 11.5. The monoisotopic (exact) mass is 476 g/mol. The molecule has 6 nitrogen and oxygen atoms in total. The average molecular weight is 477 g/mol. The summed E-state index contributed by atoms with van der Waals surface area (Å²) in [5, 5.41) is 0.142. The van der Waals surface area contributed by atoms with Gasteiger partial charge < -0.3 is 9.64 Å². The maximum Gasteiger partial charge on any atom is 0.573 e. The number of carbonyl (C=O) groups is 1. The highest BCUT2D eigenvalue weighted by atomic mass is 32.2. The van der Waals surface area contributed by atoms with Crippen molar-refractivity contribution < 1.29 is 31.1 Å². The third kappa shape index (κ3) is 5.54. The summed E-state index contributed by atoms with van der Waals surface area (Å²) in [6.45, 7) is 0. The van der Waals surface area contributed by atoms with E-state index in [9.17, 15) is 26.4 Å². The molecule has 11 heteroatoms. The zero-order chi connectivity index (χ0) is 22.2. The predicted octanol–water partition coefficient (Wildman–Crippen LogP) is 4.16. The van der Waals surface area contributed by atoms with E-state index in [4.69, 9.17) is 0 Å². The average Bonchev–Trinajstić information content (AvgIpc) is 3.34. The molecule has 1 aromatic carbocycles. The van der Waals surface area contributed by atoms with Gasteiger partial charge in [0, 0.05) is 17.4 Å². The van der Waals surface area contributed by atoms with Crippen LogP contribution in [0.5, 0.6) is 5.75 Å². The number of rotatable bonds is 5. The number of nitrogens with zero attached hydrogens (tertiary/aromatic N) is 2. The highest BCUT2D eigenvalue weighted by Crippen LogP contribution is 2.41. The molecule has 1 amide bonds. The van der Waals surface area contributed by atoms with Crippen molar-refractivity contribution in [3.63, 3.8) is 0 Å². The Labute approximate surface area is 183 Å². The van der Waals surface area contributed by atoms with Crippen LogP contribution in [-0.4, -0.2) is 48.7 Å². The lowest BCUT2D eigenvalue weighted by molar-refractivity contribution is -0.274. The van der Waals surface area contributed by atoms with Crippen LogP contribution in [0.1, 0.15) is 38.5 Å². The highest BCUT2D eigenvalue weighted by molar-refractivity contribution is 8.16. The van der Waals surface area contributed by atoms with Crippen LogP contribution < -0.4 is 9.64 Å². The van der Waals surface area contributed by atoms with Crippen LogP contribution in [0.2, 0.25) is 0 Å². The number of anilines is 1. The fourth-order valence-corrected chi connectivity index (χ4v) is 8.40. The molecule has 4 rings (SSSR count). The summed E-state index contributed by atoms with van der Waals surface area (Å²) < 4.78 is 65.4. The van der Waals surface area contributed by atoms with Gasteiger partial charge in [-0.2, -0.15) is 4.99 Å². The number of aliphatic imine (C=N–C) groups is 1. The number of alkyl halides is 3. The number of benzene rings is 1. The van der Waals surface area contributed by atoms with E-state index >= 15 is 0 Å². The van der Waals surface area contributed by atoms with Crippen LogP contribution in [0.15, 0.2) is 29.3 Å². The van der Waals surface area contributed by atoms with Gasteiger partial charge in [-0.05, 0) is 36.6 Å². The van der Waals surface area contributed by atoms with E-state index < -0.39 is 22.2 Å². The third-order valence-corrected chi connectivity index (χ3v) is 9.09. The molecule has 0 bridgehead atoms. The maximum atomic E-state index is 12.5. The summed E-state index contributed by atoms with van der Waals surface area (Å²) >= 11 is 1.25. The van der Waals surface area contributed by atoms with Gasteiger partial charge in [-0.3, -0.25) is 4.79 Å². The molecule has 2 aliphatic heterocycles. The first-order valence-electron chi connectivity index (χ1n) is 10.2. The molecule has 2 saturated heterocycles. The fraction of sp³-hybridized carbons (Fsp3) is 0.600. The van der Waals surface area contributed by atoms with Gasteiger partial charge in [0.1, 0.15) is 5.75 Å². The number of fused-ring (bicyclic) bond motifs is 1. The van der Waals surface area contributed by atoms with Crippen molar-refractivity contribution in [3.8, 4) is 5.75 Å². The number of hydrogen-bond donors (Lipinski definition) is 0. The Bertz CT molecular complexity index is 958. The normalized spacial score (nSPS) is 27.1. The highest BCUT2D eigenvalue weighted by Gasteiger charge is 2.49. The molecule has 0 aromatic heterocycles. The van der Waals surface area contributed by atoms with Crippen molar-refractivity contribution in [2.75, 3.05) is 16.4 Å². The van der Waals surface area contributed by atoms with Crippen LogP contribution in [0.3, 0.4) is 0 Å². The van der Waals surface area contributed by atoms with Crippen molar-refractivity contribution in [1.29, 1.82) is 0 Å². The second kappa shape index (κ2) is 8.65.